The molecule has 2 heterocycles. The summed E-state index contributed by atoms with van der Waals surface area (Å²) in [5.74, 6) is 0.840. The van der Waals surface area contributed by atoms with Gasteiger partial charge in [-0.15, -0.1) is 0 Å². The van der Waals surface area contributed by atoms with Crippen LogP contribution in [-0.4, -0.2) is 59.3 Å². The van der Waals surface area contributed by atoms with Crippen molar-refractivity contribution in [1.29, 1.82) is 0 Å². The maximum Gasteiger partial charge on any atom is 0.410 e. The average molecular weight is 343 g/mol. The Labute approximate surface area is 145 Å². The second-order valence-corrected chi connectivity index (χ2v) is 8.27. The van der Waals surface area contributed by atoms with E-state index in [0.717, 1.165) is 51.9 Å². The number of rotatable bonds is 2. The van der Waals surface area contributed by atoms with Crippen molar-refractivity contribution in [2.75, 3.05) is 31.9 Å². The summed E-state index contributed by atoms with van der Waals surface area (Å²) in [6, 6.07) is 0. The Bertz CT molecular complexity index is 430. The number of likely N-dealkylation sites (tertiary alicyclic amines) is 2. The second kappa shape index (κ2) is 7.32. The standard InChI is InChI=1S/C17H30N2O3S/c1-16(2,3)22-15(21)19-11-7-17(8-12-19)5-9-18(10-6-17)14(20)4-13-23/h23H,4-13H2,1-3H3. The first-order valence-electron chi connectivity index (χ1n) is 8.61. The van der Waals surface area contributed by atoms with Crippen molar-refractivity contribution in [3.8, 4) is 0 Å². The van der Waals surface area contributed by atoms with Crippen molar-refractivity contribution in [3.63, 3.8) is 0 Å². The van der Waals surface area contributed by atoms with Crippen LogP contribution in [0.5, 0.6) is 0 Å². The molecule has 2 saturated heterocycles. The van der Waals surface area contributed by atoms with Gasteiger partial charge in [0.2, 0.25) is 5.91 Å². The lowest BCUT2D eigenvalue weighted by atomic mass is 9.71. The fourth-order valence-electron chi connectivity index (χ4n) is 3.47. The fraction of sp³-hybridized carbons (Fsp3) is 0.882. The molecule has 2 aliphatic rings. The van der Waals surface area contributed by atoms with Gasteiger partial charge in [0, 0.05) is 32.6 Å². The van der Waals surface area contributed by atoms with E-state index in [1.54, 1.807) is 0 Å². The molecule has 23 heavy (non-hydrogen) atoms. The Morgan fingerprint density at radius 1 is 1.00 bits per heavy atom. The molecule has 0 saturated carbocycles. The van der Waals surface area contributed by atoms with Gasteiger partial charge in [-0.05, 0) is 57.6 Å². The summed E-state index contributed by atoms with van der Waals surface area (Å²) in [5.41, 5.74) is -0.138. The topological polar surface area (TPSA) is 49.9 Å². The number of piperidine rings is 2. The summed E-state index contributed by atoms with van der Waals surface area (Å²) in [6.07, 6.45) is 4.46. The van der Waals surface area contributed by atoms with E-state index in [4.69, 9.17) is 4.74 Å². The smallest absolute Gasteiger partial charge is 0.410 e. The van der Waals surface area contributed by atoms with Crippen LogP contribution in [0.1, 0.15) is 52.9 Å². The van der Waals surface area contributed by atoms with E-state index in [1.165, 1.54) is 0 Å². The predicted octanol–water partition coefficient (Wildman–Crippen LogP) is 2.95. The van der Waals surface area contributed by atoms with Gasteiger partial charge in [0.1, 0.15) is 5.60 Å². The summed E-state index contributed by atoms with van der Waals surface area (Å²) in [4.78, 5) is 27.9. The minimum atomic E-state index is -0.440. The van der Waals surface area contributed by atoms with Gasteiger partial charge in [0.25, 0.3) is 0 Å². The van der Waals surface area contributed by atoms with Gasteiger partial charge in [0.05, 0.1) is 0 Å². The molecule has 0 bridgehead atoms. The van der Waals surface area contributed by atoms with Crippen molar-refractivity contribution in [2.45, 2.75) is 58.5 Å². The molecule has 0 atom stereocenters. The zero-order valence-corrected chi connectivity index (χ0v) is 15.5. The normalized spacial score (nSPS) is 21.4. The molecular formula is C17H30N2O3S. The Morgan fingerprint density at radius 2 is 1.48 bits per heavy atom. The summed E-state index contributed by atoms with van der Waals surface area (Å²) in [6.45, 7) is 8.91. The van der Waals surface area contributed by atoms with Gasteiger partial charge < -0.3 is 14.5 Å². The zero-order chi connectivity index (χ0) is 17.1. The Morgan fingerprint density at radius 3 is 1.91 bits per heavy atom. The number of carbonyl (C=O) groups is 2. The van der Waals surface area contributed by atoms with Crippen LogP contribution in [0, 0.1) is 5.41 Å². The SMILES string of the molecule is CC(C)(C)OC(=O)N1CCC2(CCN(C(=O)CCS)CC2)CC1. The van der Waals surface area contributed by atoms with Crippen molar-refractivity contribution in [2.24, 2.45) is 5.41 Å². The summed E-state index contributed by atoms with van der Waals surface area (Å²) < 4.78 is 5.46. The molecule has 0 unspecified atom stereocenters. The Balaban J connectivity index is 1.81. The quantitative estimate of drug-likeness (QED) is 0.785. The first-order valence-corrected chi connectivity index (χ1v) is 9.25. The maximum atomic E-state index is 12.1. The minimum absolute atomic E-state index is 0.200. The zero-order valence-electron chi connectivity index (χ0n) is 14.6. The van der Waals surface area contributed by atoms with E-state index in [1.807, 2.05) is 30.6 Å². The molecule has 5 nitrogen and oxygen atoms in total. The van der Waals surface area contributed by atoms with Crippen molar-refractivity contribution >= 4 is 24.6 Å². The number of hydrogen-bond donors (Lipinski definition) is 1. The molecule has 0 aromatic heterocycles. The molecule has 0 aromatic carbocycles. The molecule has 2 aliphatic heterocycles. The maximum absolute atomic E-state index is 12.1. The van der Waals surface area contributed by atoms with Crippen LogP contribution in [0.4, 0.5) is 4.79 Å². The van der Waals surface area contributed by atoms with Crippen LogP contribution in [-0.2, 0) is 9.53 Å². The van der Waals surface area contributed by atoms with E-state index in [0.29, 0.717) is 17.6 Å². The molecule has 0 N–H and O–H groups in total. The number of amides is 2. The van der Waals surface area contributed by atoms with E-state index < -0.39 is 5.60 Å². The van der Waals surface area contributed by atoms with Crippen LogP contribution in [0.25, 0.3) is 0 Å². The highest BCUT2D eigenvalue weighted by molar-refractivity contribution is 7.80. The number of thiol groups is 1. The van der Waals surface area contributed by atoms with Gasteiger partial charge in [0.15, 0.2) is 0 Å². The van der Waals surface area contributed by atoms with Crippen LogP contribution in [0.3, 0.4) is 0 Å². The van der Waals surface area contributed by atoms with Crippen LogP contribution in [0.2, 0.25) is 0 Å². The van der Waals surface area contributed by atoms with Crippen LogP contribution in [0.15, 0.2) is 0 Å². The van der Waals surface area contributed by atoms with Crippen molar-refractivity contribution < 1.29 is 14.3 Å². The second-order valence-electron chi connectivity index (χ2n) is 7.82. The first-order chi connectivity index (χ1) is 10.7. The highest BCUT2D eigenvalue weighted by atomic mass is 32.1. The third-order valence-corrected chi connectivity index (χ3v) is 5.20. The number of hydrogen-bond acceptors (Lipinski definition) is 4. The lowest BCUT2D eigenvalue weighted by Gasteiger charge is -2.46. The number of carbonyl (C=O) groups excluding carboxylic acids is 2. The summed E-state index contributed by atoms with van der Waals surface area (Å²) in [5, 5.41) is 0. The number of ether oxygens (including phenoxy) is 1. The Kier molecular flexibility index (Phi) is 5.87. The molecule has 0 aliphatic carbocycles. The van der Waals surface area contributed by atoms with Crippen molar-refractivity contribution in [1.82, 2.24) is 9.80 Å². The minimum Gasteiger partial charge on any atom is -0.444 e. The molecule has 0 radical (unpaired) electrons. The lowest BCUT2D eigenvalue weighted by Crippen LogP contribution is -2.50. The van der Waals surface area contributed by atoms with Gasteiger partial charge in [-0.25, -0.2) is 4.79 Å². The largest absolute Gasteiger partial charge is 0.444 e. The fourth-order valence-corrected chi connectivity index (χ4v) is 3.67. The summed E-state index contributed by atoms with van der Waals surface area (Å²) >= 11 is 4.14. The highest BCUT2D eigenvalue weighted by Crippen LogP contribution is 2.41. The highest BCUT2D eigenvalue weighted by Gasteiger charge is 2.39. The predicted molar refractivity (Wildman–Crippen MR) is 93.8 cm³/mol. The average Bonchev–Trinajstić information content (AvgIpc) is 2.47. The van der Waals surface area contributed by atoms with Gasteiger partial charge in [-0.1, -0.05) is 0 Å². The van der Waals surface area contributed by atoms with E-state index >= 15 is 0 Å². The molecule has 1 spiro atoms. The van der Waals surface area contributed by atoms with Gasteiger partial charge >= 0.3 is 6.09 Å². The Hall–Kier alpha value is -0.910. The van der Waals surface area contributed by atoms with E-state index in [9.17, 15) is 9.59 Å². The first kappa shape index (κ1) is 18.4. The third kappa shape index (κ3) is 5.03. The van der Waals surface area contributed by atoms with E-state index in [2.05, 4.69) is 12.6 Å². The van der Waals surface area contributed by atoms with Crippen molar-refractivity contribution in [3.05, 3.63) is 0 Å². The molecule has 0 aromatic rings. The molecule has 6 heteroatoms. The monoisotopic (exact) mass is 342 g/mol. The van der Waals surface area contributed by atoms with Gasteiger partial charge in [-0.3, -0.25) is 4.79 Å². The number of nitrogens with zero attached hydrogens (tertiary/aromatic N) is 2. The third-order valence-electron chi connectivity index (χ3n) is 4.98. The van der Waals surface area contributed by atoms with Gasteiger partial charge in [-0.2, -0.15) is 12.6 Å². The molecule has 2 fully saturated rings. The molecule has 2 amide bonds. The molecule has 2 rings (SSSR count). The summed E-state index contributed by atoms with van der Waals surface area (Å²) in [7, 11) is 0. The van der Waals surface area contributed by atoms with E-state index in [-0.39, 0.29) is 12.0 Å². The molecule has 132 valence electrons. The lowest BCUT2D eigenvalue weighted by molar-refractivity contribution is -0.133. The van der Waals surface area contributed by atoms with Crippen LogP contribution < -0.4 is 0 Å². The molecular weight excluding hydrogens is 312 g/mol. The van der Waals surface area contributed by atoms with Crippen LogP contribution >= 0.6 is 12.6 Å².